The van der Waals surface area contributed by atoms with Gasteiger partial charge in [-0.2, -0.15) is 0 Å². The Labute approximate surface area is 104 Å². The molecule has 0 aliphatic carbocycles. The molecule has 6 heteroatoms. The van der Waals surface area contributed by atoms with Crippen molar-refractivity contribution in [1.82, 2.24) is 4.98 Å². The van der Waals surface area contributed by atoms with E-state index in [1.54, 1.807) is 12.5 Å². The molecule has 1 aliphatic heterocycles. The van der Waals surface area contributed by atoms with Crippen LogP contribution >= 0.6 is 11.3 Å². The van der Waals surface area contributed by atoms with Crippen LogP contribution in [-0.4, -0.2) is 42.9 Å². The molecule has 1 fully saturated rings. The smallest absolute Gasteiger partial charge is 0.355 e. The van der Waals surface area contributed by atoms with Crippen molar-refractivity contribution in [2.75, 3.05) is 31.7 Å². The largest absolute Gasteiger partial charge is 0.476 e. The van der Waals surface area contributed by atoms with E-state index in [4.69, 9.17) is 9.84 Å². The summed E-state index contributed by atoms with van der Waals surface area (Å²) in [6, 6.07) is 0. The highest BCUT2D eigenvalue weighted by Gasteiger charge is 2.21. The van der Waals surface area contributed by atoms with E-state index in [2.05, 4.69) is 9.88 Å². The van der Waals surface area contributed by atoms with Gasteiger partial charge in [0.1, 0.15) is 0 Å². The Balaban J connectivity index is 1.93. The zero-order valence-electron chi connectivity index (χ0n) is 9.76. The Hall–Kier alpha value is -1.14. The zero-order valence-corrected chi connectivity index (χ0v) is 10.6. The average Bonchev–Trinajstić information content (AvgIpc) is 2.80. The van der Waals surface area contributed by atoms with Crippen molar-refractivity contribution in [3.05, 3.63) is 11.1 Å². The van der Waals surface area contributed by atoms with Crippen molar-refractivity contribution in [3.8, 4) is 0 Å². The third kappa shape index (κ3) is 2.95. The first kappa shape index (κ1) is 12.3. The number of anilines is 1. The van der Waals surface area contributed by atoms with Crippen LogP contribution in [0.2, 0.25) is 0 Å². The number of rotatable bonds is 4. The minimum atomic E-state index is -0.957. The first-order valence-electron chi connectivity index (χ1n) is 5.63. The number of hydrogen-bond acceptors (Lipinski definition) is 5. The Morgan fingerprint density at radius 2 is 2.35 bits per heavy atom. The van der Waals surface area contributed by atoms with Gasteiger partial charge in [0.2, 0.25) is 0 Å². The molecular weight excluding hydrogens is 240 g/mol. The first-order chi connectivity index (χ1) is 8.20. The second-order valence-electron chi connectivity index (χ2n) is 4.21. The molecule has 0 radical (unpaired) electrons. The maximum atomic E-state index is 10.7. The maximum Gasteiger partial charge on any atom is 0.355 e. The number of aromatic carboxylic acids is 1. The number of thiazole rings is 1. The topological polar surface area (TPSA) is 62.7 Å². The quantitative estimate of drug-likeness (QED) is 0.888. The van der Waals surface area contributed by atoms with Gasteiger partial charge in [-0.3, -0.25) is 0 Å². The Bertz CT molecular complexity index is 386. The molecule has 0 spiro atoms. The summed E-state index contributed by atoms with van der Waals surface area (Å²) < 4.78 is 5.15. The van der Waals surface area contributed by atoms with E-state index in [-0.39, 0.29) is 5.69 Å². The molecule has 17 heavy (non-hydrogen) atoms. The third-order valence-corrected chi connectivity index (χ3v) is 3.90. The highest BCUT2D eigenvalue weighted by molar-refractivity contribution is 7.13. The van der Waals surface area contributed by atoms with Crippen LogP contribution in [0.15, 0.2) is 5.38 Å². The van der Waals surface area contributed by atoms with Gasteiger partial charge in [0.15, 0.2) is 10.8 Å². The Kier molecular flexibility index (Phi) is 3.96. The lowest BCUT2D eigenvalue weighted by atomic mass is 9.98. The van der Waals surface area contributed by atoms with Gasteiger partial charge in [0.05, 0.1) is 0 Å². The molecule has 1 aromatic heterocycles. The van der Waals surface area contributed by atoms with Crippen LogP contribution in [0.4, 0.5) is 5.13 Å². The van der Waals surface area contributed by atoms with Gasteiger partial charge in [-0.15, -0.1) is 11.3 Å². The lowest BCUT2D eigenvalue weighted by Crippen LogP contribution is -2.34. The fraction of sp³-hybridized carbons (Fsp3) is 0.636. The standard InChI is InChI=1S/C11H16N2O3S/c1-16-6-8-2-4-13(5-3-8)11-12-9(7-17-11)10(14)15/h7-8H,2-6H2,1H3,(H,14,15). The number of ether oxygens (including phenoxy) is 1. The molecule has 0 atom stereocenters. The predicted molar refractivity (Wildman–Crippen MR) is 65.9 cm³/mol. The van der Waals surface area contributed by atoms with Crippen molar-refractivity contribution in [3.63, 3.8) is 0 Å². The van der Waals surface area contributed by atoms with E-state index < -0.39 is 5.97 Å². The molecule has 0 aromatic carbocycles. The Morgan fingerprint density at radius 1 is 1.65 bits per heavy atom. The zero-order chi connectivity index (χ0) is 12.3. The monoisotopic (exact) mass is 256 g/mol. The summed E-state index contributed by atoms with van der Waals surface area (Å²) in [6.45, 7) is 2.67. The number of carboxylic acid groups (broad SMARTS) is 1. The van der Waals surface area contributed by atoms with Crippen molar-refractivity contribution >= 4 is 22.4 Å². The molecule has 0 unspecified atom stereocenters. The summed E-state index contributed by atoms with van der Waals surface area (Å²) in [4.78, 5) is 17.0. The van der Waals surface area contributed by atoms with Crippen molar-refractivity contribution in [1.29, 1.82) is 0 Å². The van der Waals surface area contributed by atoms with E-state index >= 15 is 0 Å². The van der Waals surface area contributed by atoms with E-state index in [0.717, 1.165) is 37.7 Å². The van der Waals surface area contributed by atoms with Crippen LogP contribution in [0.3, 0.4) is 0 Å². The lowest BCUT2D eigenvalue weighted by Gasteiger charge is -2.31. The number of piperidine rings is 1. The van der Waals surface area contributed by atoms with Crippen LogP contribution in [0.25, 0.3) is 0 Å². The number of hydrogen-bond donors (Lipinski definition) is 1. The average molecular weight is 256 g/mol. The summed E-state index contributed by atoms with van der Waals surface area (Å²) in [7, 11) is 1.73. The van der Waals surface area contributed by atoms with E-state index in [0.29, 0.717) is 5.92 Å². The summed E-state index contributed by atoms with van der Waals surface area (Å²) in [5, 5.41) is 11.2. The molecular formula is C11H16N2O3S. The van der Waals surface area contributed by atoms with Crippen LogP contribution < -0.4 is 4.90 Å². The summed E-state index contributed by atoms with van der Waals surface area (Å²) >= 11 is 1.40. The van der Waals surface area contributed by atoms with Gasteiger partial charge in [0.25, 0.3) is 0 Å². The summed E-state index contributed by atoms with van der Waals surface area (Å²) in [6.07, 6.45) is 2.16. The third-order valence-electron chi connectivity index (χ3n) is 3.00. The van der Waals surface area contributed by atoms with Crippen LogP contribution in [-0.2, 0) is 4.74 Å². The van der Waals surface area contributed by atoms with E-state index in [9.17, 15) is 4.79 Å². The highest BCUT2D eigenvalue weighted by atomic mass is 32.1. The fourth-order valence-electron chi connectivity index (χ4n) is 2.03. The molecule has 0 bridgehead atoms. The van der Waals surface area contributed by atoms with Gasteiger partial charge >= 0.3 is 5.97 Å². The van der Waals surface area contributed by atoms with Gasteiger partial charge < -0.3 is 14.7 Å². The number of aromatic nitrogens is 1. The minimum absolute atomic E-state index is 0.143. The summed E-state index contributed by atoms with van der Waals surface area (Å²) in [5.41, 5.74) is 0.143. The van der Waals surface area contributed by atoms with Crippen molar-refractivity contribution in [2.45, 2.75) is 12.8 Å². The molecule has 1 aromatic rings. The van der Waals surface area contributed by atoms with E-state index in [1.165, 1.54) is 11.3 Å². The van der Waals surface area contributed by atoms with Crippen molar-refractivity contribution < 1.29 is 14.6 Å². The predicted octanol–water partition coefficient (Wildman–Crippen LogP) is 1.70. The van der Waals surface area contributed by atoms with Crippen LogP contribution in [0.1, 0.15) is 23.3 Å². The van der Waals surface area contributed by atoms with Crippen molar-refractivity contribution in [2.24, 2.45) is 5.92 Å². The second-order valence-corrected chi connectivity index (χ2v) is 5.04. The lowest BCUT2D eigenvalue weighted by molar-refractivity contribution is 0.0691. The van der Waals surface area contributed by atoms with Gasteiger partial charge in [0, 0.05) is 32.2 Å². The van der Waals surface area contributed by atoms with Gasteiger partial charge in [-0.1, -0.05) is 0 Å². The first-order valence-corrected chi connectivity index (χ1v) is 6.51. The molecule has 1 N–H and O–H groups in total. The molecule has 5 nitrogen and oxygen atoms in total. The molecule has 0 saturated carbocycles. The van der Waals surface area contributed by atoms with E-state index in [1.807, 2.05) is 0 Å². The van der Waals surface area contributed by atoms with Crippen LogP contribution in [0.5, 0.6) is 0 Å². The fourth-order valence-corrected chi connectivity index (χ4v) is 2.89. The normalized spacial score (nSPS) is 17.4. The SMILES string of the molecule is COCC1CCN(c2nc(C(=O)O)cs2)CC1. The van der Waals surface area contributed by atoms with Gasteiger partial charge in [-0.25, -0.2) is 9.78 Å². The molecule has 2 heterocycles. The summed E-state index contributed by atoms with van der Waals surface area (Å²) in [5.74, 6) is -0.336. The molecule has 0 amide bonds. The number of carboxylic acids is 1. The number of nitrogens with zero attached hydrogens (tertiary/aromatic N) is 2. The Morgan fingerprint density at radius 3 is 2.88 bits per heavy atom. The minimum Gasteiger partial charge on any atom is -0.476 e. The molecule has 2 rings (SSSR count). The molecule has 1 saturated heterocycles. The highest BCUT2D eigenvalue weighted by Crippen LogP contribution is 2.26. The second kappa shape index (κ2) is 5.46. The van der Waals surface area contributed by atoms with Crippen LogP contribution in [0, 0.1) is 5.92 Å². The molecule has 94 valence electrons. The number of methoxy groups -OCH3 is 1. The van der Waals surface area contributed by atoms with Gasteiger partial charge in [-0.05, 0) is 18.8 Å². The maximum absolute atomic E-state index is 10.7. The number of carbonyl (C=O) groups is 1. The molecule has 1 aliphatic rings.